The molecule has 0 amide bonds. The van der Waals surface area contributed by atoms with Crippen LogP contribution >= 0.6 is 0 Å². The SMILES string of the molecule is C=C(C)c1cc(Oc2cccc(C)c2)cc(OC(C)COC)c1. The number of aryl methyl sites for hydroxylation is 1. The number of hydrogen-bond donors (Lipinski definition) is 0. The van der Waals surface area contributed by atoms with E-state index >= 15 is 0 Å². The van der Waals surface area contributed by atoms with Crippen molar-refractivity contribution in [3.8, 4) is 17.2 Å². The third kappa shape index (κ3) is 5.15. The van der Waals surface area contributed by atoms with Gasteiger partial charge in [-0.2, -0.15) is 0 Å². The monoisotopic (exact) mass is 312 g/mol. The summed E-state index contributed by atoms with van der Waals surface area (Å²) in [6, 6.07) is 13.8. The van der Waals surface area contributed by atoms with Crippen LogP contribution < -0.4 is 9.47 Å². The highest BCUT2D eigenvalue weighted by atomic mass is 16.5. The number of hydrogen-bond acceptors (Lipinski definition) is 3. The van der Waals surface area contributed by atoms with Crippen molar-refractivity contribution in [1.82, 2.24) is 0 Å². The number of rotatable bonds is 7. The van der Waals surface area contributed by atoms with Crippen molar-refractivity contribution in [2.45, 2.75) is 26.9 Å². The molecule has 3 heteroatoms. The van der Waals surface area contributed by atoms with Crippen LogP contribution in [-0.4, -0.2) is 19.8 Å². The van der Waals surface area contributed by atoms with Gasteiger partial charge in [0.15, 0.2) is 0 Å². The van der Waals surface area contributed by atoms with Crippen LogP contribution in [0.1, 0.15) is 25.0 Å². The summed E-state index contributed by atoms with van der Waals surface area (Å²) in [6.07, 6.45) is -0.0350. The highest BCUT2D eigenvalue weighted by Gasteiger charge is 2.09. The minimum atomic E-state index is -0.0350. The third-order valence-electron chi connectivity index (χ3n) is 3.34. The van der Waals surface area contributed by atoms with E-state index < -0.39 is 0 Å². The lowest BCUT2D eigenvalue weighted by Gasteiger charge is -2.16. The van der Waals surface area contributed by atoms with Crippen molar-refractivity contribution >= 4 is 5.57 Å². The summed E-state index contributed by atoms with van der Waals surface area (Å²) in [5, 5.41) is 0. The molecule has 0 fully saturated rings. The Hall–Kier alpha value is -2.26. The minimum absolute atomic E-state index is 0.0350. The Morgan fingerprint density at radius 1 is 1.09 bits per heavy atom. The van der Waals surface area contributed by atoms with Gasteiger partial charge in [-0.1, -0.05) is 24.3 Å². The lowest BCUT2D eigenvalue weighted by atomic mass is 10.1. The second kappa shape index (κ2) is 7.84. The van der Waals surface area contributed by atoms with E-state index in [1.54, 1.807) is 7.11 Å². The van der Waals surface area contributed by atoms with Crippen molar-refractivity contribution in [1.29, 1.82) is 0 Å². The lowest BCUT2D eigenvalue weighted by Crippen LogP contribution is -2.18. The van der Waals surface area contributed by atoms with Gasteiger partial charge in [0.05, 0.1) is 6.61 Å². The van der Waals surface area contributed by atoms with Gasteiger partial charge in [-0.15, -0.1) is 0 Å². The minimum Gasteiger partial charge on any atom is -0.488 e. The molecule has 0 saturated heterocycles. The molecule has 122 valence electrons. The van der Waals surface area contributed by atoms with Gasteiger partial charge in [-0.05, 0) is 56.2 Å². The van der Waals surface area contributed by atoms with Crippen LogP contribution in [0.2, 0.25) is 0 Å². The largest absolute Gasteiger partial charge is 0.488 e. The molecule has 1 atom stereocenters. The molecule has 0 saturated carbocycles. The van der Waals surface area contributed by atoms with Gasteiger partial charge in [-0.3, -0.25) is 0 Å². The predicted octanol–water partition coefficient (Wildman–Crippen LogP) is 5.23. The Morgan fingerprint density at radius 3 is 2.48 bits per heavy atom. The lowest BCUT2D eigenvalue weighted by molar-refractivity contribution is 0.0919. The number of benzene rings is 2. The van der Waals surface area contributed by atoms with Crippen LogP contribution in [-0.2, 0) is 4.74 Å². The normalized spacial score (nSPS) is 11.8. The molecule has 3 nitrogen and oxygen atoms in total. The average molecular weight is 312 g/mol. The molecule has 23 heavy (non-hydrogen) atoms. The molecular formula is C20H24O3. The van der Waals surface area contributed by atoms with Crippen LogP contribution in [0.4, 0.5) is 0 Å². The van der Waals surface area contributed by atoms with Gasteiger partial charge < -0.3 is 14.2 Å². The van der Waals surface area contributed by atoms with Gasteiger partial charge in [0.1, 0.15) is 23.4 Å². The number of methoxy groups -OCH3 is 1. The van der Waals surface area contributed by atoms with Crippen molar-refractivity contribution in [2.75, 3.05) is 13.7 Å². The first-order valence-corrected chi connectivity index (χ1v) is 7.69. The van der Waals surface area contributed by atoms with Crippen molar-refractivity contribution in [2.24, 2.45) is 0 Å². The number of ether oxygens (including phenoxy) is 3. The summed E-state index contributed by atoms with van der Waals surface area (Å²) in [5.41, 5.74) is 3.11. The quantitative estimate of drug-likeness (QED) is 0.700. The van der Waals surface area contributed by atoms with Crippen molar-refractivity contribution in [3.63, 3.8) is 0 Å². The molecule has 0 aliphatic carbocycles. The molecule has 2 aromatic carbocycles. The van der Waals surface area contributed by atoms with E-state index in [1.807, 2.05) is 63.2 Å². The zero-order valence-electron chi connectivity index (χ0n) is 14.3. The molecule has 1 unspecified atom stereocenters. The topological polar surface area (TPSA) is 27.7 Å². The van der Waals surface area contributed by atoms with E-state index in [4.69, 9.17) is 14.2 Å². The Bertz CT molecular complexity index is 676. The van der Waals surface area contributed by atoms with Gasteiger partial charge in [0.2, 0.25) is 0 Å². The van der Waals surface area contributed by atoms with Crippen LogP contribution in [0.15, 0.2) is 49.0 Å². The Morgan fingerprint density at radius 2 is 1.83 bits per heavy atom. The highest BCUT2D eigenvalue weighted by Crippen LogP contribution is 2.30. The van der Waals surface area contributed by atoms with E-state index in [0.29, 0.717) is 6.61 Å². The van der Waals surface area contributed by atoms with Gasteiger partial charge in [0.25, 0.3) is 0 Å². The third-order valence-corrected chi connectivity index (χ3v) is 3.34. The summed E-state index contributed by atoms with van der Waals surface area (Å²) in [6.45, 7) is 10.5. The van der Waals surface area contributed by atoms with E-state index in [0.717, 1.165) is 33.9 Å². The zero-order valence-corrected chi connectivity index (χ0v) is 14.3. The molecule has 2 rings (SSSR count). The van der Waals surface area contributed by atoms with E-state index in [-0.39, 0.29) is 6.10 Å². The summed E-state index contributed by atoms with van der Waals surface area (Å²) < 4.78 is 17.0. The maximum absolute atomic E-state index is 5.98. The van der Waals surface area contributed by atoms with E-state index in [9.17, 15) is 0 Å². The molecule has 0 spiro atoms. The van der Waals surface area contributed by atoms with Gasteiger partial charge >= 0.3 is 0 Å². The molecule has 0 radical (unpaired) electrons. The zero-order chi connectivity index (χ0) is 16.8. The van der Waals surface area contributed by atoms with E-state index in [1.165, 1.54) is 0 Å². The molecular weight excluding hydrogens is 288 g/mol. The van der Waals surface area contributed by atoms with Crippen LogP contribution in [0.25, 0.3) is 5.57 Å². The smallest absolute Gasteiger partial charge is 0.131 e. The Labute approximate surface area is 138 Å². The van der Waals surface area contributed by atoms with Crippen molar-refractivity contribution < 1.29 is 14.2 Å². The van der Waals surface area contributed by atoms with Crippen LogP contribution in [0.5, 0.6) is 17.2 Å². The predicted molar refractivity (Wildman–Crippen MR) is 94.4 cm³/mol. The first-order valence-electron chi connectivity index (χ1n) is 7.69. The summed E-state index contributed by atoms with van der Waals surface area (Å²) >= 11 is 0. The van der Waals surface area contributed by atoms with Crippen LogP contribution in [0, 0.1) is 6.92 Å². The first-order chi connectivity index (χ1) is 11.0. The molecule has 2 aromatic rings. The average Bonchev–Trinajstić information content (AvgIpc) is 2.47. The van der Waals surface area contributed by atoms with Crippen molar-refractivity contribution in [3.05, 3.63) is 60.2 Å². The maximum Gasteiger partial charge on any atom is 0.131 e. The fraction of sp³-hybridized carbons (Fsp3) is 0.300. The molecule has 0 N–H and O–H groups in total. The fourth-order valence-corrected chi connectivity index (χ4v) is 2.26. The molecule has 0 aliphatic rings. The molecule has 0 aliphatic heterocycles. The molecule has 0 aromatic heterocycles. The van der Waals surface area contributed by atoms with E-state index in [2.05, 4.69) is 6.58 Å². The summed E-state index contributed by atoms with van der Waals surface area (Å²) in [4.78, 5) is 0. The van der Waals surface area contributed by atoms with Gasteiger partial charge in [-0.25, -0.2) is 0 Å². The fourth-order valence-electron chi connectivity index (χ4n) is 2.26. The first kappa shape index (κ1) is 17.1. The second-order valence-corrected chi connectivity index (χ2v) is 5.78. The standard InChI is InChI=1S/C20H24O3/c1-14(2)17-10-19(22-16(4)13-21-5)12-20(11-17)23-18-8-6-7-15(3)9-18/h6-12,16H,1,13H2,2-5H3. The van der Waals surface area contributed by atoms with Crippen LogP contribution in [0.3, 0.4) is 0 Å². The Kier molecular flexibility index (Phi) is 5.83. The maximum atomic E-state index is 5.98. The molecule has 0 bridgehead atoms. The van der Waals surface area contributed by atoms with Gasteiger partial charge in [0, 0.05) is 13.2 Å². The second-order valence-electron chi connectivity index (χ2n) is 5.78. The summed E-state index contributed by atoms with van der Waals surface area (Å²) in [5.74, 6) is 2.29. The molecule has 0 heterocycles. The Balaban J connectivity index is 2.27. The highest BCUT2D eigenvalue weighted by molar-refractivity contribution is 5.64. The number of allylic oxidation sites excluding steroid dienone is 1. The summed E-state index contributed by atoms with van der Waals surface area (Å²) in [7, 11) is 1.66.